The molecule has 0 radical (unpaired) electrons. The van der Waals surface area contributed by atoms with Gasteiger partial charge in [-0.25, -0.2) is 9.97 Å². The highest BCUT2D eigenvalue weighted by atomic mass is 16.5. The lowest BCUT2D eigenvalue weighted by molar-refractivity contribution is -0.000820. The van der Waals surface area contributed by atoms with E-state index >= 15 is 0 Å². The zero-order valence-electron chi connectivity index (χ0n) is 19.4. The van der Waals surface area contributed by atoms with Gasteiger partial charge in [0.05, 0.1) is 11.4 Å². The molecule has 1 saturated heterocycles. The smallest absolute Gasteiger partial charge is 0.189 e. The SMILES string of the molecule is C/C=C(/c1ccccn1)c1c(C)ncnc1N1CCN(C(OC(C)(C)C)=C2CC2)CC1. The second-order valence-corrected chi connectivity index (χ2v) is 9.17. The van der Waals surface area contributed by atoms with Gasteiger partial charge in [0.15, 0.2) is 5.88 Å². The molecular weight excluding hydrogens is 386 g/mol. The minimum Gasteiger partial charge on any atom is -0.473 e. The molecule has 1 aliphatic carbocycles. The molecule has 3 heterocycles. The third kappa shape index (κ3) is 4.89. The topological polar surface area (TPSA) is 54.4 Å². The van der Waals surface area contributed by atoms with Gasteiger partial charge in [0.2, 0.25) is 0 Å². The van der Waals surface area contributed by atoms with Gasteiger partial charge >= 0.3 is 0 Å². The quantitative estimate of drug-likeness (QED) is 0.662. The number of aromatic nitrogens is 3. The number of pyridine rings is 1. The number of rotatable bonds is 5. The van der Waals surface area contributed by atoms with Gasteiger partial charge in [0.25, 0.3) is 0 Å². The summed E-state index contributed by atoms with van der Waals surface area (Å²) < 4.78 is 6.34. The summed E-state index contributed by atoms with van der Waals surface area (Å²) in [5.41, 5.74) is 5.35. The van der Waals surface area contributed by atoms with E-state index < -0.39 is 0 Å². The number of hydrogen-bond acceptors (Lipinski definition) is 6. The Kier molecular flexibility index (Phi) is 5.99. The minimum absolute atomic E-state index is 0.178. The number of piperazine rings is 1. The molecule has 6 nitrogen and oxygen atoms in total. The number of hydrogen-bond donors (Lipinski definition) is 0. The maximum Gasteiger partial charge on any atom is 0.189 e. The van der Waals surface area contributed by atoms with Crippen LogP contribution in [0.1, 0.15) is 57.5 Å². The molecular formula is C25H33N5O. The fourth-order valence-corrected chi connectivity index (χ4v) is 4.01. The van der Waals surface area contributed by atoms with Crippen LogP contribution in [0.15, 0.2) is 48.3 Å². The Hall–Kier alpha value is -2.89. The largest absolute Gasteiger partial charge is 0.473 e. The second-order valence-electron chi connectivity index (χ2n) is 9.17. The summed E-state index contributed by atoms with van der Waals surface area (Å²) in [4.78, 5) is 18.6. The highest BCUT2D eigenvalue weighted by molar-refractivity contribution is 5.84. The molecule has 1 saturated carbocycles. The molecule has 6 heteroatoms. The summed E-state index contributed by atoms with van der Waals surface area (Å²) in [6.07, 6.45) is 7.94. The van der Waals surface area contributed by atoms with E-state index in [2.05, 4.69) is 60.5 Å². The van der Waals surface area contributed by atoms with Crippen molar-refractivity contribution in [1.82, 2.24) is 19.9 Å². The molecule has 0 atom stereocenters. The van der Waals surface area contributed by atoms with Crippen molar-refractivity contribution in [1.29, 1.82) is 0 Å². The van der Waals surface area contributed by atoms with Gasteiger partial charge in [0, 0.05) is 43.5 Å². The number of nitrogens with zero attached hydrogens (tertiary/aromatic N) is 5. The minimum atomic E-state index is -0.178. The third-order valence-electron chi connectivity index (χ3n) is 5.59. The molecule has 2 aliphatic rings. The van der Waals surface area contributed by atoms with Gasteiger partial charge in [-0.15, -0.1) is 0 Å². The third-order valence-corrected chi connectivity index (χ3v) is 5.59. The summed E-state index contributed by atoms with van der Waals surface area (Å²) in [6, 6.07) is 6.00. The molecule has 31 heavy (non-hydrogen) atoms. The van der Waals surface area contributed by atoms with Crippen LogP contribution in [-0.4, -0.2) is 51.6 Å². The Morgan fingerprint density at radius 3 is 2.35 bits per heavy atom. The van der Waals surface area contributed by atoms with Crippen LogP contribution in [0, 0.1) is 6.92 Å². The summed E-state index contributed by atoms with van der Waals surface area (Å²) in [5.74, 6) is 2.09. The average molecular weight is 420 g/mol. The van der Waals surface area contributed by atoms with Gasteiger partial charge in [-0.1, -0.05) is 12.1 Å². The molecule has 2 aromatic heterocycles. The first-order valence-corrected chi connectivity index (χ1v) is 11.2. The van der Waals surface area contributed by atoms with E-state index in [9.17, 15) is 0 Å². The fourth-order valence-electron chi connectivity index (χ4n) is 4.01. The van der Waals surface area contributed by atoms with E-state index in [1.54, 1.807) is 6.33 Å². The zero-order valence-corrected chi connectivity index (χ0v) is 19.4. The number of allylic oxidation sites excluding steroid dienone is 2. The normalized spacial score (nSPS) is 17.1. The number of aryl methyl sites for hydroxylation is 1. The highest BCUT2D eigenvalue weighted by Crippen LogP contribution is 2.37. The molecule has 0 aromatic carbocycles. The van der Waals surface area contributed by atoms with E-state index in [1.807, 2.05) is 24.4 Å². The van der Waals surface area contributed by atoms with Gasteiger partial charge in [-0.3, -0.25) is 4.98 Å². The Labute approximate surface area is 185 Å². The van der Waals surface area contributed by atoms with Crippen LogP contribution in [0.3, 0.4) is 0 Å². The van der Waals surface area contributed by atoms with Crippen LogP contribution in [0.4, 0.5) is 5.82 Å². The molecule has 0 unspecified atom stereocenters. The lowest BCUT2D eigenvalue weighted by atomic mass is 10.00. The average Bonchev–Trinajstić information content (AvgIpc) is 3.59. The zero-order chi connectivity index (χ0) is 22.0. The van der Waals surface area contributed by atoms with Crippen molar-refractivity contribution in [3.05, 3.63) is 65.2 Å². The van der Waals surface area contributed by atoms with Crippen molar-refractivity contribution in [3.8, 4) is 0 Å². The monoisotopic (exact) mass is 419 g/mol. The molecule has 1 aliphatic heterocycles. The van der Waals surface area contributed by atoms with Crippen LogP contribution in [0.2, 0.25) is 0 Å². The van der Waals surface area contributed by atoms with Gasteiger partial charge in [-0.2, -0.15) is 0 Å². The molecule has 0 bridgehead atoms. The summed E-state index contributed by atoms with van der Waals surface area (Å²) in [7, 11) is 0. The summed E-state index contributed by atoms with van der Waals surface area (Å²) in [5, 5.41) is 0. The molecule has 0 spiro atoms. The van der Waals surface area contributed by atoms with Crippen LogP contribution in [-0.2, 0) is 4.74 Å². The Morgan fingerprint density at radius 1 is 1.03 bits per heavy atom. The van der Waals surface area contributed by atoms with Gasteiger partial charge < -0.3 is 14.5 Å². The lowest BCUT2D eigenvalue weighted by Crippen LogP contribution is -2.47. The maximum atomic E-state index is 6.34. The first-order chi connectivity index (χ1) is 14.9. The first-order valence-electron chi connectivity index (χ1n) is 11.2. The highest BCUT2D eigenvalue weighted by Gasteiger charge is 2.31. The van der Waals surface area contributed by atoms with Crippen LogP contribution >= 0.6 is 0 Å². The second kappa shape index (κ2) is 8.69. The van der Waals surface area contributed by atoms with E-state index in [0.29, 0.717) is 0 Å². The molecule has 4 rings (SSSR count). The van der Waals surface area contributed by atoms with Crippen molar-refractivity contribution in [2.75, 3.05) is 31.1 Å². The number of anilines is 1. The van der Waals surface area contributed by atoms with Gasteiger partial charge in [0.1, 0.15) is 17.7 Å². The van der Waals surface area contributed by atoms with Crippen LogP contribution in [0.5, 0.6) is 0 Å². The fraction of sp³-hybridized carbons (Fsp3) is 0.480. The van der Waals surface area contributed by atoms with E-state index in [4.69, 9.17) is 9.72 Å². The maximum absolute atomic E-state index is 6.34. The molecule has 164 valence electrons. The summed E-state index contributed by atoms with van der Waals surface area (Å²) in [6.45, 7) is 14.1. The number of ether oxygens (including phenoxy) is 1. The van der Waals surface area contributed by atoms with E-state index in [0.717, 1.165) is 73.2 Å². The first kappa shape index (κ1) is 21.3. The predicted molar refractivity (Wildman–Crippen MR) is 125 cm³/mol. The molecule has 2 aromatic rings. The summed E-state index contributed by atoms with van der Waals surface area (Å²) >= 11 is 0. The predicted octanol–water partition coefficient (Wildman–Crippen LogP) is 4.57. The van der Waals surface area contributed by atoms with Crippen molar-refractivity contribution < 1.29 is 4.74 Å². The van der Waals surface area contributed by atoms with Gasteiger partial charge in [-0.05, 0) is 65.2 Å². The van der Waals surface area contributed by atoms with Crippen LogP contribution < -0.4 is 4.90 Å². The van der Waals surface area contributed by atoms with Crippen molar-refractivity contribution >= 4 is 11.4 Å². The Balaban J connectivity index is 1.57. The van der Waals surface area contributed by atoms with Crippen molar-refractivity contribution in [3.63, 3.8) is 0 Å². The van der Waals surface area contributed by atoms with E-state index in [-0.39, 0.29) is 5.60 Å². The molecule has 0 N–H and O–H groups in total. The molecule has 2 fully saturated rings. The van der Waals surface area contributed by atoms with E-state index in [1.165, 1.54) is 5.57 Å². The Morgan fingerprint density at radius 2 is 1.77 bits per heavy atom. The van der Waals surface area contributed by atoms with Crippen LogP contribution in [0.25, 0.3) is 5.57 Å². The lowest BCUT2D eigenvalue weighted by Gasteiger charge is -2.40. The standard InChI is InChI=1S/C25H33N5O/c1-6-20(21-9-7-8-12-26-21)22-18(2)27-17-28-23(22)29-13-15-30(16-14-29)24(19-10-11-19)31-25(3,4)5/h6-9,12,17H,10-11,13-16H2,1-5H3/b20-6-. The molecule has 0 amide bonds. The van der Waals surface area contributed by atoms with Crippen molar-refractivity contribution in [2.24, 2.45) is 0 Å². The van der Waals surface area contributed by atoms with Crippen molar-refractivity contribution in [2.45, 2.75) is 53.1 Å². The Bertz CT molecular complexity index is 977.